The zero-order valence-electron chi connectivity index (χ0n) is 6.21. The van der Waals surface area contributed by atoms with E-state index in [0.717, 1.165) is 0 Å². The van der Waals surface area contributed by atoms with E-state index in [-0.39, 0.29) is 6.08 Å². The summed E-state index contributed by atoms with van der Waals surface area (Å²) in [6.07, 6.45) is -11.6. The summed E-state index contributed by atoms with van der Waals surface area (Å²) in [6, 6.07) is 0. The maximum Gasteiger partial charge on any atom is 0.420 e. The van der Waals surface area contributed by atoms with Crippen molar-refractivity contribution >= 4 is 0 Å². The van der Waals surface area contributed by atoms with Gasteiger partial charge in [-0.25, -0.2) is 0 Å². The molecule has 0 saturated heterocycles. The molecule has 0 aliphatic rings. The van der Waals surface area contributed by atoms with Crippen molar-refractivity contribution in [3.8, 4) is 0 Å². The Labute approximate surface area is 69.7 Å². The predicted molar refractivity (Wildman–Crippen MR) is 31.9 cm³/mol. The Bertz CT molecular complexity index is 172. The van der Waals surface area contributed by atoms with Gasteiger partial charge in [-0.2, -0.15) is 26.3 Å². The molecule has 0 amide bonds. The van der Waals surface area contributed by atoms with Gasteiger partial charge in [-0.1, -0.05) is 6.08 Å². The standard InChI is InChI=1S/C6H6F6O/c7-5(8,9)4(2-1-3-13)6(10,11)12/h2,13H,1,3H2. The van der Waals surface area contributed by atoms with Gasteiger partial charge in [-0.05, 0) is 6.42 Å². The minimum absolute atomic E-state index is 0.0694. The van der Waals surface area contributed by atoms with Crippen molar-refractivity contribution in [3.05, 3.63) is 11.6 Å². The zero-order valence-corrected chi connectivity index (χ0v) is 6.21. The summed E-state index contributed by atoms with van der Waals surface area (Å²) in [7, 11) is 0. The van der Waals surface area contributed by atoms with Crippen LogP contribution < -0.4 is 0 Å². The number of hydrogen-bond acceptors (Lipinski definition) is 1. The van der Waals surface area contributed by atoms with Gasteiger partial charge in [0.25, 0.3) is 0 Å². The van der Waals surface area contributed by atoms with Crippen molar-refractivity contribution in [2.75, 3.05) is 6.61 Å². The van der Waals surface area contributed by atoms with Crippen molar-refractivity contribution in [2.45, 2.75) is 18.8 Å². The number of allylic oxidation sites excluding steroid dienone is 1. The molecule has 0 aromatic rings. The minimum atomic E-state index is -5.42. The number of hydrogen-bond donors (Lipinski definition) is 1. The Morgan fingerprint density at radius 2 is 1.38 bits per heavy atom. The summed E-state index contributed by atoms with van der Waals surface area (Å²) in [5, 5.41) is 8.07. The molecular weight excluding hydrogens is 202 g/mol. The molecule has 1 N–H and O–H groups in total. The number of halogens is 6. The second-order valence-electron chi connectivity index (χ2n) is 2.13. The lowest BCUT2D eigenvalue weighted by Crippen LogP contribution is -2.26. The smallest absolute Gasteiger partial charge is 0.396 e. The second kappa shape index (κ2) is 3.99. The van der Waals surface area contributed by atoms with Crippen LogP contribution in [-0.2, 0) is 0 Å². The molecule has 13 heavy (non-hydrogen) atoms. The van der Waals surface area contributed by atoms with Crippen molar-refractivity contribution < 1.29 is 31.4 Å². The number of alkyl halides is 6. The highest BCUT2D eigenvalue weighted by molar-refractivity contribution is 5.15. The molecule has 0 atom stereocenters. The lowest BCUT2D eigenvalue weighted by Gasteiger charge is -2.14. The maximum absolute atomic E-state index is 11.7. The average molecular weight is 208 g/mol. The van der Waals surface area contributed by atoms with Crippen LogP contribution in [0, 0.1) is 0 Å². The van der Waals surface area contributed by atoms with Crippen molar-refractivity contribution in [1.82, 2.24) is 0 Å². The van der Waals surface area contributed by atoms with Gasteiger partial charge in [0.2, 0.25) is 0 Å². The minimum Gasteiger partial charge on any atom is -0.396 e. The van der Waals surface area contributed by atoms with E-state index in [1.807, 2.05) is 0 Å². The molecule has 1 nitrogen and oxygen atoms in total. The molecule has 78 valence electrons. The van der Waals surface area contributed by atoms with Crippen molar-refractivity contribution in [2.24, 2.45) is 0 Å². The lowest BCUT2D eigenvalue weighted by atomic mass is 10.2. The lowest BCUT2D eigenvalue weighted by molar-refractivity contribution is -0.172. The summed E-state index contributed by atoms with van der Waals surface area (Å²) in [5.41, 5.74) is -2.57. The molecule has 0 fully saturated rings. The normalized spacial score (nSPS) is 12.8. The van der Waals surface area contributed by atoms with Gasteiger partial charge in [0, 0.05) is 6.61 Å². The van der Waals surface area contributed by atoms with Crippen LogP contribution in [0.25, 0.3) is 0 Å². The van der Waals surface area contributed by atoms with Gasteiger partial charge >= 0.3 is 12.4 Å². The van der Waals surface area contributed by atoms with E-state index in [0.29, 0.717) is 0 Å². The van der Waals surface area contributed by atoms with Crippen LogP contribution in [0.2, 0.25) is 0 Å². The first-order valence-corrected chi connectivity index (χ1v) is 3.15. The SMILES string of the molecule is OCCC=C(C(F)(F)F)C(F)(F)F. The van der Waals surface area contributed by atoms with E-state index in [4.69, 9.17) is 5.11 Å². The van der Waals surface area contributed by atoms with Crippen LogP contribution in [0.5, 0.6) is 0 Å². The van der Waals surface area contributed by atoms with E-state index in [2.05, 4.69) is 0 Å². The molecule has 0 aromatic heterocycles. The Kier molecular flexibility index (Phi) is 3.77. The summed E-state index contributed by atoms with van der Waals surface area (Å²) in [6.45, 7) is -0.754. The Balaban J connectivity index is 4.78. The van der Waals surface area contributed by atoms with Crippen LogP contribution in [0.15, 0.2) is 11.6 Å². The van der Waals surface area contributed by atoms with E-state index in [9.17, 15) is 26.3 Å². The molecule has 0 spiro atoms. The Morgan fingerprint density at radius 3 is 1.62 bits per heavy atom. The summed E-state index contributed by atoms with van der Waals surface area (Å²) >= 11 is 0. The highest BCUT2D eigenvalue weighted by Crippen LogP contribution is 2.38. The van der Waals surface area contributed by atoms with Gasteiger partial charge in [0.05, 0.1) is 0 Å². The third-order valence-electron chi connectivity index (χ3n) is 1.09. The van der Waals surface area contributed by atoms with Crippen LogP contribution in [0.1, 0.15) is 6.42 Å². The van der Waals surface area contributed by atoms with Gasteiger partial charge in [0.15, 0.2) is 0 Å². The highest BCUT2D eigenvalue weighted by Gasteiger charge is 2.50. The fourth-order valence-corrected chi connectivity index (χ4v) is 0.601. The van der Waals surface area contributed by atoms with Crippen LogP contribution in [0.4, 0.5) is 26.3 Å². The number of aliphatic hydroxyl groups excluding tert-OH is 1. The summed E-state index contributed by atoms with van der Waals surface area (Å²) in [5.74, 6) is 0. The van der Waals surface area contributed by atoms with Crippen LogP contribution in [-0.4, -0.2) is 24.1 Å². The van der Waals surface area contributed by atoms with E-state index in [1.54, 1.807) is 0 Å². The van der Waals surface area contributed by atoms with Gasteiger partial charge < -0.3 is 5.11 Å². The molecule has 0 rings (SSSR count). The molecule has 0 aliphatic carbocycles. The first-order chi connectivity index (χ1) is 5.69. The monoisotopic (exact) mass is 208 g/mol. The molecule has 0 aromatic carbocycles. The molecule has 0 bridgehead atoms. The van der Waals surface area contributed by atoms with Crippen molar-refractivity contribution in [1.29, 1.82) is 0 Å². The topological polar surface area (TPSA) is 20.2 Å². The number of rotatable bonds is 2. The summed E-state index contributed by atoms with van der Waals surface area (Å²) in [4.78, 5) is 0. The maximum atomic E-state index is 11.7. The molecule has 0 saturated carbocycles. The van der Waals surface area contributed by atoms with Crippen LogP contribution in [0.3, 0.4) is 0 Å². The van der Waals surface area contributed by atoms with Crippen molar-refractivity contribution in [3.63, 3.8) is 0 Å². The molecule has 0 unspecified atom stereocenters. The number of aliphatic hydroxyl groups is 1. The van der Waals surface area contributed by atoms with Gasteiger partial charge in [0.1, 0.15) is 5.57 Å². The summed E-state index contributed by atoms with van der Waals surface area (Å²) < 4.78 is 70.0. The predicted octanol–water partition coefficient (Wildman–Crippen LogP) is 2.42. The first kappa shape index (κ1) is 12.3. The third-order valence-corrected chi connectivity index (χ3v) is 1.09. The van der Waals surface area contributed by atoms with E-state index >= 15 is 0 Å². The molecular formula is C6H6F6O. The Hall–Kier alpha value is -0.720. The Morgan fingerprint density at radius 1 is 1.00 bits per heavy atom. The highest BCUT2D eigenvalue weighted by atomic mass is 19.4. The quantitative estimate of drug-likeness (QED) is 0.545. The van der Waals surface area contributed by atoms with E-state index in [1.165, 1.54) is 0 Å². The fraction of sp³-hybridized carbons (Fsp3) is 0.667. The average Bonchev–Trinajstić information content (AvgIpc) is 1.81. The largest absolute Gasteiger partial charge is 0.420 e. The first-order valence-electron chi connectivity index (χ1n) is 3.15. The molecule has 0 radical (unpaired) electrons. The molecule has 7 heteroatoms. The zero-order chi connectivity index (χ0) is 10.7. The van der Waals surface area contributed by atoms with E-state index < -0.39 is 31.0 Å². The van der Waals surface area contributed by atoms with Crippen LogP contribution >= 0.6 is 0 Å². The van der Waals surface area contributed by atoms with Gasteiger partial charge in [-0.3, -0.25) is 0 Å². The molecule has 0 heterocycles. The third kappa shape index (κ3) is 4.16. The second-order valence-corrected chi connectivity index (χ2v) is 2.13. The fourth-order valence-electron chi connectivity index (χ4n) is 0.601. The molecule has 0 aliphatic heterocycles. The van der Waals surface area contributed by atoms with Gasteiger partial charge in [-0.15, -0.1) is 0 Å².